The first-order chi connectivity index (χ1) is 9.24. The van der Waals surface area contributed by atoms with E-state index in [-0.39, 0.29) is 25.5 Å². The lowest BCUT2D eigenvalue weighted by Gasteiger charge is -2.38. The summed E-state index contributed by atoms with van der Waals surface area (Å²) in [5, 5.41) is 9.63. The fraction of sp³-hybridized carbons (Fsp3) is 0.917. The van der Waals surface area contributed by atoms with E-state index >= 15 is 0 Å². The van der Waals surface area contributed by atoms with Gasteiger partial charge in [0.2, 0.25) is 5.91 Å². The molecule has 3 N–H and O–H groups in total. The fourth-order valence-corrected chi connectivity index (χ4v) is 2.80. The fourth-order valence-electron chi connectivity index (χ4n) is 2.80. The zero-order valence-corrected chi connectivity index (χ0v) is 12.3. The van der Waals surface area contributed by atoms with E-state index in [4.69, 9.17) is 10.5 Å². The van der Waals surface area contributed by atoms with Crippen LogP contribution in [0.5, 0.6) is 0 Å². The molecule has 1 unspecified atom stereocenters. The Balaban J connectivity index is 0.00000220. The minimum Gasteiger partial charge on any atom is -0.381 e. The first-order valence-corrected chi connectivity index (χ1v) is 6.60. The molecule has 0 aromatic heterocycles. The van der Waals surface area contributed by atoms with E-state index in [0.29, 0.717) is 26.1 Å². The number of nitrogens with zero attached hydrogens (tertiary/aromatic N) is 1. The molecule has 1 amide bonds. The molecule has 0 spiro atoms. The molecule has 0 aliphatic carbocycles. The molecule has 2 fully saturated rings. The molecule has 2 heterocycles. The molecule has 1 atom stereocenters. The van der Waals surface area contributed by atoms with Gasteiger partial charge < -0.3 is 20.5 Å². The lowest BCUT2D eigenvalue weighted by molar-refractivity contribution is -0.253. The maximum atomic E-state index is 12.8. The van der Waals surface area contributed by atoms with Crippen molar-refractivity contribution in [1.82, 2.24) is 4.90 Å². The van der Waals surface area contributed by atoms with E-state index in [2.05, 4.69) is 0 Å². The van der Waals surface area contributed by atoms with Crippen molar-refractivity contribution >= 4 is 18.3 Å². The molecule has 21 heavy (non-hydrogen) atoms. The highest BCUT2D eigenvalue weighted by molar-refractivity contribution is 5.85. The van der Waals surface area contributed by atoms with Crippen molar-refractivity contribution in [2.75, 3.05) is 32.8 Å². The molecule has 2 saturated heterocycles. The van der Waals surface area contributed by atoms with E-state index in [1.54, 1.807) is 0 Å². The Labute approximate surface area is 127 Å². The second kappa shape index (κ2) is 6.28. The average molecular weight is 333 g/mol. The third-order valence-electron chi connectivity index (χ3n) is 4.36. The van der Waals surface area contributed by atoms with Crippen LogP contribution in [0, 0.1) is 5.41 Å². The Bertz CT molecular complexity index is 388. The largest absolute Gasteiger partial charge is 0.419 e. The number of aliphatic hydroxyl groups is 1. The molecular formula is C12H20ClF3N2O3. The third-order valence-corrected chi connectivity index (χ3v) is 4.36. The van der Waals surface area contributed by atoms with Gasteiger partial charge in [0, 0.05) is 32.7 Å². The van der Waals surface area contributed by atoms with Crippen LogP contribution in [0.25, 0.3) is 0 Å². The van der Waals surface area contributed by atoms with Crippen LogP contribution in [0.3, 0.4) is 0 Å². The summed E-state index contributed by atoms with van der Waals surface area (Å²) in [5.74, 6) is -0.400. The van der Waals surface area contributed by atoms with E-state index in [0.717, 1.165) is 4.90 Å². The van der Waals surface area contributed by atoms with Crippen LogP contribution >= 0.6 is 12.4 Å². The third kappa shape index (κ3) is 3.28. The lowest BCUT2D eigenvalue weighted by atomic mass is 9.79. The highest BCUT2D eigenvalue weighted by atomic mass is 35.5. The molecule has 5 nitrogen and oxygen atoms in total. The van der Waals surface area contributed by atoms with Crippen molar-refractivity contribution in [2.45, 2.75) is 31.0 Å². The van der Waals surface area contributed by atoms with Gasteiger partial charge in [-0.15, -0.1) is 12.4 Å². The lowest BCUT2D eigenvalue weighted by Crippen LogP contribution is -2.53. The van der Waals surface area contributed by atoms with Gasteiger partial charge in [-0.3, -0.25) is 4.79 Å². The number of β-amino-alcohol motifs (C(OH)–C–C–N with tert-alkyl or cyclic N) is 1. The molecule has 0 aromatic rings. The number of likely N-dealkylation sites (tertiary alicyclic amines) is 1. The molecule has 0 bridgehead atoms. The number of carbonyl (C=O) groups is 1. The molecule has 2 rings (SSSR count). The van der Waals surface area contributed by atoms with Crippen LogP contribution in [0.4, 0.5) is 13.2 Å². The zero-order valence-electron chi connectivity index (χ0n) is 11.5. The average Bonchev–Trinajstić information content (AvgIpc) is 2.82. The number of nitrogens with two attached hydrogens (primary N) is 1. The minimum absolute atomic E-state index is 0. The Morgan fingerprint density at radius 3 is 2.29 bits per heavy atom. The molecule has 0 saturated carbocycles. The number of hydrogen-bond donors (Lipinski definition) is 2. The van der Waals surface area contributed by atoms with Crippen molar-refractivity contribution in [3.8, 4) is 0 Å². The molecular weight excluding hydrogens is 313 g/mol. The highest BCUT2D eigenvalue weighted by Gasteiger charge is 2.59. The molecule has 0 aromatic carbocycles. The second-order valence-corrected chi connectivity index (χ2v) is 5.60. The summed E-state index contributed by atoms with van der Waals surface area (Å²) in [6, 6.07) is 0. The summed E-state index contributed by atoms with van der Waals surface area (Å²) in [6.45, 7) is 0.0200. The Morgan fingerprint density at radius 1 is 1.29 bits per heavy atom. The first-order valence-electron chi connectivity index (χ1n) is 6.60. The summed E-state index contributed by atoms with van der Waals surface area (Å²) in [4.78, 5) is 13.6. The molecule has 124 valence electrons. The second-order valence-electron chi connectivity index (χ2n) is 5.60. The monoisotopic (exact) mass is 332 g/mol. The standard InChI is InChI=1S/C12H19F3N2O3.ClH/c13-12(14,15)11(19)1-4-17(8-11)9(18)10(7-16)2-5-20-6-3-10;/h19H,1-8,16H2;1H. The number of amides is 1. The Morgan fingerprint density at radius 2 is 1.86 bits per heavy atom. The minimum atomic E-state index is -4.73. The van der Waals surface area contributed by atoms with Crippen molar-refractivity contribution in [3.05, 3.63) is 0 Å². The number of hydrogen-bond acceptors (Lipinski definition) is 4. The number of halogens is 4. The van der Waals surface area contributed by atoms with Crippen LogP contribution in [0.2, 0.25) is 0 Å². The summed E-state index contributed by atoms with van der Waals surface area (Å²) in [5.41, 5.74) is 2.02. The zero-order chi connectivity index (χ0) is 15.0. The molecule has 2 aliphatic heterocycles. The predicted octanol–water partition coefficient (Wildman–Crippen LogP) is 0.689. The van der Waals surface area contributed by atoms with Crippen LogP contribution in [0.15, 0.2) is 0 Å². The smallest absolute Gasteiger partial charge is 0.381 e. The van der Waals surface area contributed by atoms with Gasteiger partial charge in [0.05, 0.1) is 12.0 Å². The number of ether oxygens (including phenoxy) is 1. The summed E-state index contributed by atoms with van der Waals surface area (Å²) in [7, 11) is 0. The van der Waals surface area contributed by atoms with Crippen LogP contribution in [-0.4, -0.2) is 60.5 Å². The maximum Gasteiger partial charge on any atom is 0.419 e. The Hall–Kier alpha value is -0.570. The molecule has 0 radical (unpaired) electrons. The van der Waals surface area contributed by atoms with Gasteiger partial charge >= 0.3 is 6.18 Å². The van der Waals surface area contributed by atoms with Gasteiger partial charge in [0.1, 0.15) is 0 Å². The number of carbonyl (C=O) groups excluding carboxylic acids is 1. The van der Waals surface area contributed by atoms with Gasteiger partial charge in [-0.1, -0.05) is 0 Å². The SMILES string of the molecule is Cl.NCC1(C(=O)N2CCC(O)(C(F)(F)F)C2)CCOCC1. The van der Waals surface area contributed by atoms with Crippen molar-refractivity contribution in [1.29, 1.82) is 0 Å². The van der Waals surface area contributed by atoms with Crippen molar-refractivity contribution < 1.29 is 27.8 Å². The molecule has 2 aliphatic rings. The van der Waals surface area contributed by atoms with Crippen LogP contribution in [-0.2, 0) is 9.53 Å². The van der Waals surface area contributed by atoms with Gasteiger partial charge in [-0.05, 0) is 12.8 Å². The number of rotatable bonds is 2. The van der Waals surface area contributed by atoms with Gasteiger partial charge in [0.25, 0.3) is 0 Å². The van der Waals surface area contributed by atoms with E-state index in [1.165, 1.54) is 0 Å². The van der Waals surface area contributed by atoms with Crippen LogP contribution < -0.4 is 5.73 Å². The summed E-state index contributed by atoms with van der Waals surface area (Å²) < 4.78 is 43.5. The predicted molar refractivity (Wildman–Crippen MR) is 71.0 cm³/mol. The molecule has 9 heteroatoms. The van der Waals surface area contributed by atoms with Gasteiger partial charge in [0.15, 0.2) is 5.60 Å². The summed E-state index contributed by atoms with van der Waals surface area (Å²) in [6.07, 6.45) is -4.40. The van der Waals surface area contributed by atoms with Gasteiger partial charge in [-0.2, -0.15) is 13.2 Å². The van der Waals surface area contributed by atoms with E-state index in [9.17, 15) is 23.1 Å². The Kier molecular flexibility index (Phi) is 5.52. The maximum absolute atomic E-state index is 12.8. The summed E-state index contributed by atoms with van der Waals surface area (Å²) >= 11 is 0. The topological polar surface area (TPSA) is 75.8 Å². The number of alkyl halides is 3. The van der Waals surface area contributed by atoms with Crippen molar-refractivity contribution in [2.24, 2.45) is 11.1 Å². The normalized spacial score (nSPS) is 29.1. The van der Waals surface area contributed by atoms with Crippen LogP contribution in [0.1, 0.15) is 19.3 Å². The van der Waals surface area contributed by atoms with Gasteiger partial charge in [-0.25, -0.2) is 0 Å². The first kappa shape index (κ1) is 18.5. The quantitative estimate of drug-likeness (QED) is 0.780. The van der Waals surface area contributed by atoms with E-state index in [1.807, 2.05) is 0 Å². The van der Waals surface area contributed by atoms with Crippen molar-refractivity contribution in [3.63, 3.8) is 0 Å². The highest BCUT2D eigenvalue weighted by Crippen LogP contribution is 2.40. The van der Waals surface area contributed by atoms with E-state index < -0.39 is 36.1 Å².